The lowest BCUT2D eigenvalue weighted by molar-refractivity contribution is 0.399. The topological polar surface area (TPSA) is 20.2 Å². The molecule has 13 heavy (non-hydrogen) atoms. The van der Waals surface area contributed by atoms with Gasteiger partial charge in [-0.1, -0.05) is 24.6 Å². The second-order valence-corrected chi connectivity index (χ2v) is 4.11. The Labute approximate surface area is 79.5 Å². The van der Waals surface area contributed by atoms with Crippen molar-refractivity contribution < 1.29 is 5.11 Å². The van der Waals surface area contributed by atoms with E-state index in [1.54, 1.807) is 0 Å². The summed E-state index contributed by atoms with van der Waals surface area (Å²) in [6, 6.07) is 0. The zero-order valence-electron chi connectivity index (χ0n) is 8.30. The Balaban J connectivity index is 2.47. The molecule has 1 heteroatoms. The molecular weight excluding hydrogens is 160 g/mol. The fourth-order valence-corrected chi connectivity index (χ4v) is 2.33. The summed E-state index contributed by atoms with van der Waals surface area (Å²) in [5.74, 6) is 1.15. The third-order valence-corrected chi connectivity index (χ3v) is 3.08. The van der Waals surface area contributed by atoms with E-state index in [-0.39, 0.29) is 0 Å². The Hall–Kier alpha value is -0.980. The number of aliphatic hydroxyl groups excluding tert-OH is 1. The Kier molecular flexibility index (Phi) is 2.03. The molecule has 0 spiro atoms. The van der Waals surface area contributed by atoms with Crippen LogP contribution in [0.4, 0.5) is 0 Å². The van der Waals surface area contributed by atoms with Gasteiger partial charge in [0.2, 0.25) is 0 Å². The average Bonchev–Trinajstić information content (AvgIpc) is 2.15. The van der Waals surface area contributed by atoms with Crippen molar-refractivity contribution in [2.45, 2.75) is 33.1 Å². The number of allylic oxidation sites excluding steroid dienone is 4. The van der Waals surface area contributed by atoms with Crippen LogP contribution in [0.5, 0.6) is 0 Å². The number of hydrogen-bond acceptors (Lipinski definition) is 1. The van der Waals surface area contributed by atoms with E-state index in [0.29, 0.717) is 11.7 Å². The van der Waals surface area contributed by atoms with Gasteiger partial charge in [-0.3, -0.25) is 0 Å². The van der Waals surface area contributed by atoms with Crippen LogP contribution >= 0.6 is 0 Å². The minimum atomic E-state index is 0.532. The minimum absolute atomic E-state index is 0.532. The molecule has 2 rings (SSSR count). The molecule has 0 saturated heterocycles. The maximum Gasteiger partial charge on any atom is 0.121 e. The highest BCUT2D eigenvalue weighted by Gasteiger charge is 2.23. The Morgan fingerprint density at radius 3 is 3.00 bits per heavy atom. The van der Waals surface area contributed by atoms with Crippen molar-refractivity contribution in [1.29, 1.82) is 0 Å². The van der Waals surface area contributed by atoms with Gasteiger partial charge in [0.15, 0.2) is 0 Å². The van der Waals surface area contributed by atoms with Crippen molar-refractivity contribution in [2.75, 3.05) is 0 Å². The molecule has 2 aliphatic carbocycles. The van der Waals surface area contributed by atoms with Crippen LogP contribution in [0, 0.1) is 5.92 Å². The van der Waals surface area contributed by atoms with Crippen molar-refractivity contribution in [1.82, 2.24) is 0 Å². The van der Waals surface area contributed by atoms with Crippen molar-refractivity contribution >= 4 is 0 Å². The van der Waals surface area contributed by atoms with E-state index in [9.17, 15) is 5.11 Å². The van der Waals surface area contributed by atoms with Gasteiger partial charge >= 0.3 is 0 Å². The third kappa shape index (κ3) is 1.32. The van der Waals surface area contributed by atoms with Crippen molar-refractivity contribution in [3.63, 3.8) is 0 Å². The van der Waals surface area contributed by atoms with Crippen molar-refractivity contribution in [2.24, 2.45) is 5.92 Å². The van der Waals surface area contributed by atoms with Gasteiger partial charge in [-0.2, -0.15) is 0 Å². The third-order valence-electron chi connectivity index (χ3n) is 3.08. The van der Waals surface area contributed by atoms with Gasteiger partial charge in [0.25, 0.3) is 0 Å². The molecule has 0 bridgehead atoms. The van der Waals surface area contributed by atoms with Gasteiger partial charge in [-0.15, -0.1) is 0 Å². The van der Waals surface area contributed by atoms with E-state index in [0.717, 1.165) is 30.4 Å². The van der Waals surface area contributed by atoms with Crippen molar-refractivity contribution in [3.8, 4) is 0 Å². The van der Waals surface area contributed by atoms with Gasteiger partial charge in [-0.05, 0) is 37.7 Å². The Morgan fingerprint density at radius 1 is 1.46 bits per heavy atom. The fraction of sp³-hybridized carbons (Fsp3) is 0.500. The summed E-state index contributed by atoms with van der Waals surface area (Å²) >= 11 is 0. The SMILES string of the molecule is CC1=C(O)C2=C(CCC=C2)C(C)C1. The summed E-state index contributed by atoms with van der Waals surface area (Å²) in [6.45, 7) is 4.28. The molecule has 1 N–H and O–H groups in total. The first-order chi connectivity index (χ1) is 6.20. The highest BCUT2D eigenvalue weighted by Crippen LogP contribution is 2.38. The molecule has 0 aromatic carbocycles. The predicted octanol–water partition coefficient (Wildman–Crippen LogP) is 3.50. The summed E-state index contributed by atoms with van der Waals surface area (Å²) < 4.78 is 0. The molecule has 0 amide bonds. The van der Waals surface area contributed by atoms with Crippen LogP contribution in [0.25, 0.3) is 0 Å². The van der Waals surface area contributed by atoms with Crippen LogP contribution in [0.1, 0.15) is 33.1 Å². The van der Waals surface area contributed by atoms with Gasteiger partial charge in [0.05, 0.1) is 0 Å². The molecule has 0 saturated carbocycles. The molecule has 1 nitrogen and oxygen atoms in total. The monoisotopic (exact) mass is 176 g/mol. The molecule has 0 aromatic rings. The molecule has 0 aliphatic heterocycles. The van der Waals surface area contributed by atoms with E-state index < -0.39 is 0 Å². The highest BCUT2D eigenvalue weighted by molar-refractivity contribution is 5.47. The summed E-state index contributed by atoms with van der Waals surface area (Å²) in [4.78, 5) is 0. The minimum Gasteiger partial charge on any atom is -0.507 e. The lowest BCUT2D eigenvalue weighted by Crippen LogP contribution is -2.13. The molecule has 2 aliphatic rings. The zero-order valence-corrected chi connectivity index (χ0v) is 8.30. The van der Waals surface area contributed by atoms with Gasteiger partial charge in [0.1, 0.15) is 5.76 Å². The number of rotatable bonds is 0. The van der Waals surface area contributed by atoms with E-state index >= 15 is 0 Å². The van der Waals surface area contributed by atoms with Crippen LogP contribution < -0.4 is 0 Å². The van der Waals surface area contributed by atoms with Crippen LogP contribution in [0.2, 0.25) is 0 Å². The van der Waals surface area contributed by atoms with E-state index in [2.05, 4.69) is 19.1 Å². The molecule has 70 valence electrons. The Morgan fingerprint density at radius 2 is 2.23 bits per heavy atom. The smallest absolute Gasteiger partial charge is 0.121 e. The largest absolute Gasteiger partial charge is 0.507 e. The summed E-state index contributed by atoms with van der Waals surface area (Å²) in [5.41, 5.74) is 3.69. The number of hydrogen-bond donors (Lipinski definition) is 1. The summed E-state index contributed by atoms with van der Waals surface area (Å²) in [5, 5.41) is 9.86. The van der Waals surface area contributed by atoms with Crippen LogP contribution in [-0.4, -0.2) is 5.11 Å². The van der Waals surface area contributed by atoms with Crippen LogP contribution in [-0.2, 0) is 0 Å². The van der Waals surface area contributed by atoms with Crippen LogP contribution in [0.15, 0.2) is 34.6 Å². The average molecular weight is 176 g/mol. The Bertz CT molecular complexity index is 318. The molecule has 1 atom stereocenters. The first-order valence-corrected chi connectivity index (χ1v) is 4.99. The molecule has 0 heterocycles. The summed E-state index contributed by atoms with van der Waals surface area (Å²) in [7, 11) is 0. The fourth-order valence-electron chi connectivity index (χ4n) is 2.33. The van der Waals surface area contributed by atoms with Gasteiger partial charge in [-0.25, -0.2) is 0 Å². The molecule has 0 aromatic heterocycles. The van der Waals surface area contributed by atoms with E-state index in [1.807, 2.05) is 6.92 Å². The lowest BCUT2D eigenvalue weighted by atomic mass is 9.79. The van der Waals surface area contributed by atoms with Crippen molar-refractivity contribution in [3.05, 3.63) is 34.6 Å². The normalized spacial score (nSPS) is 28.0. The summed E-state index contributed by atoms with van der Waals surface area (Å²) in [6.07, 6.45) is 7.52. The second-order valence-electron chi connectivity index (χ2n) is 4.11. The molecular formula is C12H16O. The number of aliphatic hydroxyl groups is 1. The lowest BCUT2D eigenvalue weighted by Gasteiger charge is -2.27. The molecule has 0 radical (unpaired) electrons. The van der Waals surface area contributed by atoms with Gasteiger partial charge < -0.3 is 5.11 Å². The first-order valence-electron chi connectivity index (χ1n) is 4.99. The standard InChI is InChI=1S/C12H16O/c1-8-7-9(2)12(13)11-6-4-3-5-10(8)11/h4,6,8,13H,3,5,7H2,1-2H3. The first kappa shape index (κ1) is 8.61. The zero-order chi connectivity index (χ0) is 9.42. The van der Waals surface area contributed by atoms with Gasteiger partial charge in [0, 0.05) is 5.57 Å². The quantitative estimate of drug-likeness (QED) is 0.599. The van der Waals surface area contributed by atoms with Crippen LogP contribution in [0.3, 0.4) is 0 Å². The maximum atomic E-state index is 9.86. The second kappa shape index (κ2) is 3.06. The molecule has 1 unspecified atom stereocenters. The highest BCUT2D eigenvalue weighted by atomic mass is 16.3. The maximum absolute atomic E-state index is 9.86. The van der Waals surface area contributed by atoms with E-state index in [4.69, 9.17) is 0 Å². The molecule has 0 fully saturated rings. The predicted molar refractivity (Wildman–Crippen MR) is 54.5 cm³/mol. The van der Waals surface area contributed by atoms with E-state index in [1.165, 1.54) is 5.57 Å².